The van der Waals surface area contributed by atoms with E-state index in [0.717, 1.165) is 24.3 Å². The molecule has 0 aliphatic rings. The van der Waals surface area contributed by atoms with Crippen LogP contribution < -0.4 is 5.73 Å². The van der Waals surface area contributed by atoms with Crippen LogP contribution in [0.1, 0.15) is 5.56 Å². The van der Waals surface area contributed by atoms with Crippen molar-refractivity contribution in [2.24, 2.45) is 5.73 Å². The summed E-state index contributed by atoms with van der Waals surface area (Å²) >= 11 is 8.44. The fourth-order valence-electron chi connectivity index (χ4n) is 1.43. The average molecular weight is 386 g/mol. The van der Waals surface area contributed by atoms with E-state index in [1.165, 1.54) is 0 Å². The molecule has 18 heavy (non-hydrogen) atoms. The Labute approximate surface area is 127 Å². The topological polar surface area (TPSA) is 49.9 Å². The number of nitrogens with one attached hydrogen (secondary N) is 1. The van der Waals surface area contributed by atoms with Crippen molar-refractivity contribution >= 4 is 49.5 Å². The van der Waals surface area contributed by atoms with Crippen molar-refractivity contribution in [2.45, 2.75) is 9.79 Å². The average Bonchev–Trinajstić information content (AvgIpc) is 2.32. The molecule has 0 amide bonds. The molecule has 2 nitrogen and oxygen atoms in total. The van der Waals surface area contributed by atoms with Gasteiger partial charge < -0.3 is 5.73 Å². The van der Waals surface area contributed by atoms with Gasteiger partial charge in [0.15, 0.2) is 0 Å². The smallest absolute Gasteiger partial charge is 0.123 e. The lowest BCUT2D eigenvalue weighted by Gasteiger charge is -2.08. The molecule has 0 spiro atoms. The van der Waals surface area contributed by atoms with Crippen molar-refractivity contribution in [2.75, 3.05) is 0 Å². The summed E-state index contributed by atoms with van der Waals surface area (Å²) < 4.78 is 2.03. The number of hydrogen-bond donors (Lipinski definition) is 2. The number of rotatable bonds is 3. The Kier molecular flexibility index (Phi) is 4.48. The normalized spacial score (nSPS) is 10.3. The highest BCUT2D eigenvalue weighted by atomic mass is 79.9. The van der Waals surface area contributed by atoms with Gasteiger partial charge in [-0.15, -0.1) is 0 Å². The molecule has 0 aliphatic heterocycles. The quantitative estimate of drug-likeness (QED) is 0.596. The highest BCUT2D eigenvalue weighted by Gasteiger charge is 2.07. The molecular formula is C13H10Br2N2S. The first-order valence-electron chi connectivity index (χ1n) is 5.13. The van der Waals surface area contributed by atoms with E-state index in [1.54, 1.807) is 11.8 Å². The van der Waals surface area contributed by atoms with Crippen LogP contribution in [0.25, 0.3) is 0 Å². The van der Waals surface area contributed by atoms with E-state index < -0.39 is 0 Å². The van der Waals surface area contributed by atoms with Gasteiger partial charge in [-0.3, -0.25) is 5.41 Å². The molecule has 0 fully saturated rings. The van der Waals surface area contributed by atoms with Gasteiger partial charge in [0.1, 0.15) is 5.84 Å². The molecule has 0 aromatic heterocycles. The molecule has 0 unspecified atom stereocenters. The molecular weight excluding hydrogens is 376 g/mol. The molecule has 0 heterocycles. The molecule has 92 valence electrons. The van der Waals surface area contributed by atoms with Crippen molar-refractivity contribution in [3.05, 3.63) is 57.0 Å². The third-order valence-corrected chi connectivity index (χ3v) is 4.36. The van der Waals surface area contributed by atoms with E-state index in [9.17, 15) is 0 Å². The molecule has 0 saturated heterocycles. The summed E-state index contributed by atoms with van der Waals surface area (Å²) in [5.41, 5.74) is 6.35. The number of halogens is 2. The number of hydrogen-bond acceptors (Lipinski definition) is 2. The zero-order chi connectivity index (χ0) is 13.1. The molecule has 0 saturated carbocycles. The predicted molar refractivity (Wildman–Crippen MR) is 83.4 cm³/mol. The number of amidine groups is 1. The lowest BCUT2D eigenvalue weighted by molar-refractivity contribution is 1.32. The molecule has 0 bridgehead atoms. The summed E-state index contributed by atoms with van der Waals surface area (Å²) in [7, 11) is 0. The van der Waals surface area contributed by atoms with Crippen LogP contribution in [0.3, 0.4) is 0 Å². The molecule has 5 heteroatoms. The van der Waals surface area contributed by atoms with Gasteiger partial charge in [-0.25, -0.2) is 0 Å². The minimum Gasteiger partial charge on any atom is -0.384 e. The van der Waals surface area contributed by atoms with Gasteiger partial charge >= 0.3 is 0 Å². The van der Waals surface area contributed by atoms with Crippen molar-refractivity contribution in [1.29, 1.82) is 5.41 Å². The zero-order valence-corrected chi connectivity index (χ0v) is 13.3. The minimum absolute atomic E-state index is 0.0853. The second-order valence-corrected chi connectivity index (χ2v) is 6.56. The Bertz CT molecular complexity index is 582. The summed E-state index contributed by atoms with van der Waals surface area (Å²) in [5, 5.41) is 7.59. The molecule has 0 radical (unpaired) electrons. The lowest BCUT2D eigenvalue weighted by atomic mass is 10.2. The molecule has 0 aliphatic carbocycles. The molecule has 0 atom stereocenters. The van der Waals surface area contributed by atoms with Crippen LogP contribution in [0.5, 0.6) is 0 Å². The maximum atomic E-state index is 7.59. The van der Waals surface area contributed by atoms with Gasteiger partial charge in [0.2, 0.25) is 0 Å². The second-order valence-electron chi connectivity index (χ2n) is 3.61. The van der Waals surface area contributed by atoms with E-state index in [1.807, 2.05) is 42.5 Å². The maximum absolute atomic E-state index is 7.59. The Balaban J connectivity index is 2.35. The molecule has 2 aromatic carbocycles. The first-order chi connectivity index (χ1) is 8.56. The van der Waals surface area contributed by atoms with Crippen LogP contribution in [0.2, 0.25) is 0 Å². The SMILES string of the molecule is N=C(N)c1ccc(Br)cc1Sc1ccc(Br)cc1. The van der Waals surface area contributed by atoms with E-state index in [-0.39, 0.29) is 5.84 Å². The molecule has 2 aromatic rings. The Morgan fingerprint density at radius 1 is 1.00 bits per heavy atom. The first-order valence-corrected chi connectivity index (χ1v) is 7.54. The monoisotopic (exact) mass is 384 g/mol. The van der Waals surface area contributed by atoms with Crippen LogP contribution in [-0.2, 0) is 0 Å². The minimum atomic E-state index is 0.0853. The standard InChI is InChI=1S/C13H10Br2N2S/c14-8-1-4-10(5-2-8)18-12-7-9(15)3-6-11(12)13(16)17/h1-7H,(H3,16,17). The summed E-state index contributed by atoms with van der Waals surface area (Å²) in [6.07, 6.45) is 0. The lowest BCUT2D eigenvalue weighted by Crippen LogP contribution is -2.12. The molecule has 3 N–H and O–H groups in total. The zero-order valence-electron chi connectivity index (χ0n) is 9.28. The predicted octanol–water partition coefficient (Wildman–Crippen LogP) is 4.65. The Morgan fingerprint density at radius 2 is 1.61 bits per heavy atom. The van der Waals surface area contributed by atoms with Crippen LogP contribution in [-0.4, -0.2) is 5.84 Å². The Morgan fingerprint density at radius 3 is 2.22 bits per heavy atom. The summed E-state index contributed by atoms with van der Waals surface area (Å²) in [5.74, 6) is 0.0853. The summed E-state index contributed by atoms with van der Waals surface area (Å²) in [6, 6.07) is 13.8. The van der Waals surface area contributed by atoms with Crippen molar-refractivity contribution in [1.82, 2.24) is 0 Å². The number of nitrogens with two attached hydrogens (primary N) is 1. The van der Waals surface area contributed by atoms with Crippen LogP contribution in [0.4, 0.5) is 0 Å². The highest BCUT2D eigenvalue weighted by molar-refractivity contribution is 9.10. The Hall–Kier alpha value is -0.780. The second kappa shape index (κ2) is 5.91. The van der Waals surface area contributed by atoms with E-state index in [2.05, 4.69) is 31.9 Å². The fourth-order valence-corrected chi connectivity index (χ4v) is 3.21. The van der Waals surface area contributed by atoms with Crippen LogP contribution in [0, 0.1) is 5.41 Å². The first kappa shape index (κ1) is 13.6. The number of benzene rings is 2. The van der Waals surface area contributed by atoms with Gasteiger partial charge in [0.25, 0.3) is 0 Å². The van der Waals surface area contributed by atoms with Crippen molar-refractivity contribution in [3.8, 4) is 0 Å². The highest BCUT2D eigenvalue weighted by Crippen LogP contribution is 2.33. The van der Waals surface area contributed by atoms with Crippen LogP contribution in [0.15, 0.2) is 61.2 Å². The third-order valence-electron chi connectivity index (χ3n) is 2.28. The van der Waals surface area contributed by atoms with Crippen LogP contribution >= 0.6 is 43.6 Å². The summed E-state index contributed by atoms with van der Waals surface area (Å²) in [4.78, 5) is 2.08. The van der Waals surface area contributed by atoms with Gasteiger partial charge in [-0.2, -0.15) is 0 Å². The van der Waals surface area contributed by atoms with Crippen molar-refractivity contribution < 1.29 is 0 Å². The van der Waals surface area contributed by atoms with E-state index >= 15 is 0 Å². The maximum Gasteiger partial charge on any atom is 0.123 e. The van der Waals surface area contributed by atoms with E-state index in [4.69, 9.17) is 11.1 Å². The number of nitrogen functional groups attached to an aromatic ring is 1. The van der Waals surface area contributed by atoms with E-state index in [0.29, 0.717) is 0 Å². The summed E-state index contributed by atoms with van der Waals surface area (Å²) in [6.45, 7) is 0. The van der Waals surface area contributed by atoms with Gasteiger partial charge in [-0.1, -0.05) is 43.6 Å². The van der Waals surface area contributed by atoms with Gasteiger partial charge in [0, 0.05) is 24.3 Å². The van der Waals surface area contributed by atoms with Gasteiger partial charge in [-0.05, 0) is 42.5 Å². The van der Waals surface area contributed by atoms with Crippen molar-refractivity contribution in [3.63, 3.8) is 0 Å². The third kappa shape index (κ3) is 3.37. The fraction of sp³-hybridized carbons (Fsp3) is 0. The van der Waals surface area contributed by atoms with Gasteiger partial charge in [0.05, 0.1) is 0 Å². The largest absolute Gasteiger partial charge is 0.384 e. The molecule has 2 rings (SSSR count).